The van der Waals surface area contributed by atoms with Gasteiger partial charge in [-0.15, -0.1) is 0 Å². The Morgan fingerprint density at radius 2 is 2.00 bits per heavy atom. The highest BCUT2D eigenvalue weighted by atomic mass is 35.5. The highest BCUT2D eigenvalue weighted by Gasteiger charge is 2.33. The highest BCUT2D eigenvalue weighted by Crippen LogP contribution is 2.28. The molecule has 0 spiro atoms. The van der Waals surface area contributed by atoms with E-state index in [-0.39, 0.29) is 18.0 Å². The second kappa shape index (κ2) is 6.10. The van der Waals surface area contributed by atoms with Crippen LogP contribution >= 0.6 is 11.6 Å². The van der Waals surface area contributed by atoms with Gasteiger partial charge in [-0.05, 0) is 18.1 Å². The zero-order valence-electron chi connectivity index (χ0n) is 11.1. The number of ether oxygens (including phenoxy) is 1. The lowest BCUT2D eigenvalue weighted by Crippen LogP contribution is -2.49. The molecule has 1 amide bonds. The van der Waals surface area contributed by atoms with Crippen LogP contribution in [0.25, 0.3) is 0 Å². The van der Waals surface area contributed by atoms with Crippen molar-refractivity contribution in [2.45, 2.75) is 18.5 Å². The maximum atomic E-state index is 12.4. The summed E-state index contributed by atoms with van der Waals surface area (Å²) in [5.41, 5.74) is 7.29. The van der Waals surface area contributed by atoms with E-state index in [1.165, 1.54) is 0 Å². The number of nitrogens with zero attached hydrogens (tertiary/aromatic N) is 1. The first-order valence-electron chi connectivity index (χ1n) is 6.88. The number of hydrogen-bond donors (Lipinski definition) is 2. The number of carbonyl (C=O) groups excluding carboxylic acids is 1. The van der Waals surface area contributed by atoms with E-state index < -0.39 is 0 Å². The normalized spacial score (nSPS) is 26.8. The quantitative estimate of drug-likeness (QED) is 0.858. The maximum absolute atomic E-state index is 12.4. The van der Waals surface area contributed by atoms with Crippen LogP contribution < -0.4 is 10.9 Å². The molecule has 0 aromatic heterocycles. The minimum atomic E-state index is -0.200. The Hall–Kier alpha value is -1.14. The number of carbonyl (C=O) groups is 1. The van der Waals surface area contributed by atoms with Gasteiger partial charge in [-0.1, -0.05) is 29.8 Å². The summed E-state index contributed by atoms with van der Waals surface area (Å²) < 4.78 is 5.27. The molecule has 0 saturated carbocycles. The lowest BCUT2D eigenvalue weighted by molar-refractivity contribution is -0.137. The summed E-state index contributed by atoms with van der Waals surface area (Å²) >= 11 is 6.20. The van der Waals surface area contributed by atoms with Gasteiger partial charge >= 0.3 is 0 Å². The Kier molecular flexibility index (Phi) is 4.21. The molecule has 2 aliphatic rings. The molecule has 3 rings (SSSR count). The van der Waals surface area contributed by atoms with Crippen molar-refractivity contribution in [3.05, 3.63) is 34.9 Å². The monoisotopic (exact) mass is 295 g/mol. The predicted molar refractivity (Wildman–Crippen MR) is 76.3 cm³/mol. The van der Waals surface area contributed by atoms with E-state index in [0.717, 1.165) is 10.6 Å². The first kappa shape index (κ1) is 13.8. The molecule has 0 aliphatic carbocycles. The molecule has 2 N–H and O–H groups in total. The van der Waals surface area contributed by atoms with E-state index in [1.807, 2.05) is 29.2 Å². The number of morpholine rings is 1. The van der Waals surface area contributed by atoms with E-state index in [1.54, 1.807) is 0 Å². The van der Waals surface area contributed by atoms with Crippen molar-refractivity contribution in [1.29, 1.82) is 0 Å². The molecule has 1 aromatic rings. The number of hydrazine groups is 1. The Morgan fingerprint density at radius 3 is 2.75 bits per heavy atom. The molecular weight excluding hydrogens is 278 g/mol. The molecule has 108 valence electrons. The van der Waals surface area contributed by atoms with Gasteiger partial charge in [-0.25, -0.2) is 10.9 Å². The molecule has 2 saturated heterocycles. The molecule has 2 atom stereocenters. The van der Waals surface area contributed by atoms with E-state index in [0.29, 0.717) is 32.7 Å². The second-order valence-electron chi connectivity index (χ2n) is 5.09. The number of nitrogens with one attached hydrogen (secondary N) is 2. The van der Waals surface area contributed by atoms with Gasteiger partial charge in [0, 0.05) is 24.2 Å². The average molecular weight is 296 g/mol. The van der Waals surface area contributed by atoms with Gasteiger partial charge in [0.1, 0.15) is 6.04 Å². The van der Waals surface area contributed by atoms with Crippen LogP contribution in [0.15, 0.2) is 24.3 Å². The van der Waals surface area contributed by atoms with Crippen molar-refractivity contribution in [2.75, 3.05) is 26.3 Å². The molecule has 0 bridgehead atoms. The van der Waals surface area contributed by atoms with Gasteiger partial charge < -0.3 is 9.64 Å². The average Bonchev–Trinajstić information content (AvgIpc) is 2.97. The van der Waals surface area contributed by atoms with Crippen LogP contribution in [0.2, 0.25) is 5.02 Å². The summed E-state index contributed by atoms with van der Waals surface area (Å²) in [6.45, 7) is 2.60. The van der Waals surface area contributed by atoms with Crippen molar-refractivity contribution in [2.24, 2.45) is 0 Å². The first-order chi connectivity index (χ1) is 9.75. The fourth-order valence-corrected chi connectivity index (χ4v) is 2.95. The number of hydrogen-bond acceptors (Lipinski definition) is 4. The number of halogens is 1. The summed E-state index contributed by atoms with van der Waals surface area (Å²) in [5.74, 6) is 0.135. The molecule has 2 heterocycles. The molecule has 0 radical (unpaired) electrons. The minimum absolute atomic E-state index is 0.0682. The minimum Gasteiger partial charge on any atom is -0.378 e. The standard InChI is InChI=1S/C14H18ClN3O2/c15-11-4-2-1-3-10(11)12-9-13(17-16-12)14(19)18-5-7-20-8-6-18/h1-4,12-13,16-17H,5-9H2. The zero-order valence-corrected chi connectivity index (χ0v) is 11.9. The lowest BCUT2D eigenvalue weighted by atomic mass is 10.0. The fraction of sp³-hybridized carbons (Fsp3) is 0.500. The molecular formula is C14H18ClN3O2. The first-order valence-corrected chi connectivity index (χ1v) is 7.25. The van der Waals surface area contributed by atoms with E-state index in [2.05, 4.69) is 10.9 Å². The van der Waals surface area contributed by atoms with Gasteiger partial charge in [0.2, 0.25) is 5.91 Å². The fourth-order valence-electron chi connectivity index (χ4n) is 2.68. The van der Waals surface area contributed by atoms with Crippen LogP contribution in [0, 0.1) is 0 Å². The van der Waals surface area contributed by atoms with E-state index in [4.69, 9.17) is 16.3 Å². The third-order valence-corrected chi connectivity index (χ3v) is 4.15. The van der Waals surface area contributed by atoms with Crippen molar-refractivity contribution in [3.63, 3.8) is 0 Å². The van der Waals surface area contributed by atoms with Gasteiger partial charge in [0.15, 0.2) is 0 Å². The van der Waals surface area contributed by atoms with Crippen molar-refractivity contribution in [3.8, 4) is 0 Å². The van der Waals surface area contributed by atoms with Crippen molar-refractivity contribution >= 4 is 17.5 Å². The Labute approximate surface area is 123 Å². The molecule has 6 heteroatoms. The third-order valence-electron chi connectivity index (χ3n) is 3.80. The van der Waals surface area contributed by atoms with Crippen molar-refractivity contribution < 1.29 is 9.53 Å². The highest BCUT2D eigenvalue weighted by molar-refractivity contribution is 6.31. The van der Waals surface area contributed by atoms with Crippen LogP contribution in [0.4, 0.5) is 0 Å². The SMILES string of the molecule is O=C(C1CC(c2ccccc2Cl)NN1)N1CCOCC1. The largest absolute Gasteiger partial charge is 0.378 e. The summed E-state index contributed by atoms with van der Waals surface area (Å²) in [6, 6.07) is 7.59. The molecule has 20 heavy (non-hydrogen) atoms. The summed E-state index contributed by atoms with van der Waals surface area (Å²) in [7, 11) is 0. The van der Waals surface area contributed by atoms with E-state index in [9.17, 15) is 4.79 Å². The lowest BCUT2D eigenvalue weighted by Gasteiger charge is -2.28. The van der Waals surface area contributed by atoms with Gasteiger partial charge in [-0.3, -0.25) is 4.79 Å². The Morgan fingerprint density at radius 1 is 1.25 bits per heavy atom. The molecule has 2 unspecified atom stereocenters. The van der Waals surface area contributed by atoms with Crippen molar-refractivity contribution in [1.82, 2.24) is 15.8 Å². The Bertz CT molecular complexity index is 491. The molecule has 2 fully saturated rings. The smallest absolute Gasteiger partial charge is 0.241 e. The topological polar surface area (TPSA) is 53.6 Å². The summed E-state index contributed by atoms with van der Waals surface area (Å²) in [6.07, 6.45) is 0.708. The Balaban J connectivity index is 1.64. The number of benzene rings is 1. The van der Waals surface area contributed by atoms with Crippen LogP contribution in [-0.2, 0) is 9.53 Å². The maximum Gasteiger partial charge on any atom is 0.241 e. The van der Waals surface area contributed by atoms with Crippen LogP contribution in [0.3, 0.4) is 0 Å². The van der Waals surface area contributed by atoms with Crippen LogP contribution in [-0.4, -0.2) is 43.2 Å². The van der Waals surface area contributed by atoms with Gasteiger partial charge in [0.25, 0.3) is 0 Å². The summed E-state index contributed by atoms with van der Waals surface area (Å²) in [5, 5.41) is 0.728. The summed E-state index contributed by atoms with van der Waals surface area (Å²) in [4.78, 5) is 14.3. The third kappa shape index (κ3) is 2.81. The predicted octanol–water partition coefficient (Wildman–Crippen LogP) is 1.11. The second-order valence-corrected chi connectivity index (χ2v) is 5.50. The zero-order chi connectivity index (χ0) is 13.9. The number of rotatable bonds is 2. The molecule has 1 aromatic carbocycles. The van der Waals surface area contributed by atoms with E-state index >= 15 is 0 Å². The van der Waals surface area contributed by atoms with Crippen LogP contribution in [0.1, 0.15) is 18.0 Å². The van der Waals surface area contributed by atoms with Crippen LogP contribution in [0.5, 0.6) is 0 Å². The molecule has 5 nitrogen and oxygen atoms in total. The van der Waals surface area contributed by atoms with Gasteiger partial charge in [0.05, 0.1) is 13.2 Å². The molecule has 2 aliphatic heterocycles. The number of amides is 1. The van der Waals surface area contributed by atoms with Gasteiger partial charge in [-0.2, -0.15) is 0 Å².